The first kappa shape index (κ1) is 16.5. The van der Waals surface area contributed by atoms with Crippen molar-refractivity contribution in [3.05, 3.63) is 18.2 Å². The topological polar surface area (TPSA) is 33.1 Å². The second-order valence-electron chi connectivity index (χ2n) is 6.41. The van der Waals surface area contributed by atoms with Gasteiger partial charge >= 0.3 is 0 Å². The fourth-order valence-corrected chi connectivity index (χ4v) is 3.66. The maximum absolute atomic E-state index is 4.33. The van der Waals surface area contributed by atoms with Crippen molar-refractivity contribution in [2.24, 2.45) is 0 Å². The van der Waals surface area contributed by atoms with Crippen molar-refractivity contribution in [2.75, 3.05) is 19.6 Å². The van der Waals surface area contributed by atoms with E-state index in [4.69, 9.17) is 0 Å². The molecular formula is C17H32N4. The molecule has 1 fully saturated rings. The highest BCUT2D eigenvalue weighted by Gasteiger charge is 2.38. The zero-order valence-electron chi connectivity index (χ0n) is 14.2. The van der Waals surface area contributed by atoms with Crippen LogP contribution in [0.25, 0.3) is 0 Å². The molecule has 4 heteroatoms. The molecule has 1 aliphatic heterocycles. The standard InChI is InChI=1S/C17H32N4/c1-5-8-16-13-21(17(6-2,7-3)14-19-16)12-11-20-10-9-18-15(20)4/h9-10,16,19H,5-8,11-14H2,1-4H3. The van der Waals surface area contributed by atoms with Crippen molar-refractivity contribution in [3.8, 4) is 0 Å². The smallest absolute Gasteiger partial charge is 0.105 e. The number of piperazine rings is 1. The lowest BCUT2D eigenvalue weighted by atomic mass is 9.86. The highest BCUT2D eigenvalue weighted by Crippen LogP contribution is 2.27. The van der Waals surface area contributed by atoms with Gasteiger partial charge in [0.1, 0.15) is 5.82 Å². The molecule has 1 saturated heterocycles. The number of aromatic nitrogens is 2. The number of nitrogens with zero attached hydrogens (tertiary/aromatic N) is 3. The van der Waals surface area contributed by atoms with Gasteiger partial charge < -0.3 is 9.88 Å². The number of nitrogens with one attached hydrogen (secondary N) is 1. The van der Waals surface area contributed by atoms with Crippen LogP contribution in [-0.2, 0) is 6.54 Å². The van der Waals surface area contributed by atoms with E-state index in [0.717, 1.165) is 25.5 Å². The highest BCUT2D eigenvalue weighted by atomic mass is 15.3. The summed E-state index contributed by atoms with van der Waals surface area (Å²) in [5, 5.41) is 3.79. The van der Waals surface area contributed by atoms with E-state index in [2.05, 4.69) is 53.7 Å². The molecule has 0 aromatic carbocycles. The third-order valence-electron chi connectivity index (χ3n) is 5.32. The Labute approximate surface area is 129 Å². The molecule has 1 aliphatic rings. The summed E-state index contributed by atoms with van der Waals surface area (Å²) >= 11 is 0. The summed E-state index contributed by atoms with van der Waals surface area (Å²) in [7, 11) is 0. The molecule has 0 aliphatic carbocycles. The van der Waals surface area contributed by atoms with Crippen LogP contribution in [0, 0.1) is 6.92 Å². The van der Waals surface area contributed by atoms with Gasteiger partial charge in [-0.15, -0.1) is 0 Å². The molecular weight excluding hydrogens is 260 g/mol. The minimum atomic E-state index is 0.332. The zero-order valence-corrected chi connectivity index (χ0v) is 14.2. The summed E-state index contributed by atoms with van der Waals surface area (Å²) in [6.45, 7) is 13.5. The van der Waals surface area contributed by atoms with Crippen LogP contribution in [0.4, 0.5) is 0 Å². The Morgan fingerprint density at radius 3 is 2.62 bits per heavy atom. The summed E-state index contributed by atoms with van der Waals surface area (Å²) in [6, 6.07) is 0.658. The summed E-state index contributed by atoms with van der Waals surface area (Å²) in [6.07, 6.45) is 8.98. The van der Waals surface area contributed by atoms with Gasteiger partial charge in [0.15, 0.2) is 0 Å². The number of hydrogen-bond acceptors (Lipinski definition) is 3. The van der Waals surface area contributed by atoms with Crippen molar-refractivity contribution < 1.29 is 0 Å². The second kappa shape index (κ2) is 7.41. The molecule has 120 valence electrons. The van der Waals surface area contributed by atoms with Gasteiger partial charge in [-0.1, -0.05) is 27.2 Å². The maximum Gasteiger partial charge on any atom is 0.105 e. The van der Waals surface area contributed by atoms with Crippen LogP contribution in [0.2, 0.25) is 0 Å². The average molecular weight is 292 g/mol. The lowest BCUT2D eigenvalue weighted by Crippen LogP contribution is -2.64. The van der Waals surface area contributed by atoms with Crippen molar-refractivity contribution in [3.63, 3.8) is 0 Å². The minimum absolute atomic E-state index is 0.332. The van der Waals surface area contributed by atoms with Crippen molar-refractivity contribution in [1.82, 2.24) is 19.8 Å². The highest BCUT2D eigenvalue weighted by molar-refractivity contribution is 4.98. The van der Waals surface area contributed by atoms with Gasteiger partial charge in [-0.05, 0) is 26.2 Å². The second-order valence-corrected chi connectivity index (χ2v) is 6.41. The molecule has 1 aromatic heterocycles. The lowest BCUT2D eigenvalue weighted by molar-refractivity contribution is 0.0269. The molecule has 0 bridgehead atoms. The Morgan fingerprint density at radius 2 is 2.05 bits per heavy atom. The quantitative estimate of drug-likeness (QED) is 0.839. The molecule has 0 amide bonds. The lowest BCUT2D eigenvalue weighted by Gasteiger charge is -2.50. The largest absolute Gasteiger partial charge is 0.334 e. The number of rotatable bonds is 7. The molecule has 0 radical (unpaired) electrons. The fraction of sp³-hybridized carbons (Fsp3) is 0.824. The number of aryl methyl sites for hydroxylation is 1. The third-order valence-corrected chi connectivity index (χ3v) is 5.32. The summed E-state index contributed by atoms with van der Waals surface area (Å²) in [5.41, 5.74) is 0.332. The monoisotopic (exact) mass is 292 g/mol. The Morgan fingerprint density at radius 1 is 1.29 bits per heavy atom. The van der Waals surface area contributed by atoms with E-state index in [9.17, 15) is 0 Å². The van der Waals surface area contributed by atoms with Crippen LogP contribution >= 0.6 is 0 Å². The predicted octanol–water partition coefficient (Wildman–Crippen LogP) is 2.82. The predicted molar refractivity (Wildman–Crippen MR) is 88.5 cm³/mol. The summed E-state index contributed by atoms with van der Waals surface area (Å²) in [5.74, 6) is 1.12. The van der Waals surface area contributed by atoms with E-state index in [-0.39, 0.29) is 0 Å². The van der Waals surface area contributed by atoms with Crippen LogP contribution in [-0.4, -0.2) is 45.7 Å². The van der Waals surface area contributed by atoms with E-state index in [0.29, 0.717) is 11.6 Å². The van der Waals surface area contributed by atoms with Gasteiger partial charge in [0, 0.05) is 50.2 Å². The van der Waals surface area contributed by atoms with Gasteiger partial charge in [-0.3, -0.25) is 4.90 Å². The Hall–Kier alpha value is -0.870. The Balaban J connectivity index is 2.04. The molecule has 1 atom stereocenters. The van der Waals surface area contributed by atoms with Crippen molar-refractivity contribution in [1.29, 1.82) is 0 Å². The van der Waals surface area contributed by atoms with Crippen LogP contribution < -0.4 is 5.32 Å². The van der Waals surface area contributed by atoms with Crippen LogP contribution in [0.5, 0.6) is 0 Å². The van der Waals surface area contributed by atoms with Crippen molar-refractivity contribution in [2.45, 2.75) is 71.5 Å². The van der Waals surface area contributed by atoms with Crippen molar-refractivity contribution >= 4 is 0 Å². The van der Waals surface area contributed by atoms with E-state index < -0.39 is 0 Å². The average Bonchev–Trinajstić information content (AvgIpc) is 2.91. The van der Waals surface area contributed by atoms with Gasteiger partial charge in [-0.2, -0.15) is 0 Å². The zero-order chi connectivity index (χ0) is 15.3. The van der Waals surface area contributed by atoms with Crippen LogP contribution in [0.3, 0.4) is 0 Å². The van der Waals surface area contributed by atoms with E-state index in [1.54, 1.807) is 0 Å². The summed E-state index contributed by atoms with van der Waals surface area (Å²) < 4.78 is 2.27. The molecule has 1 N–H and O–H groups in total. The molecule has 21 heavy (non-hydrogen) atoms. The van der Waals surface area contributed by atoms with E-state index >= 15 is 0 Å². The first-order valence-corrected chi connectivity index (χ1v) is 8.61. The normalized spacial score (nSPS) is 22.6. The molecule has 1 aromatic rings. The van der Waals surface area contributed by atoms with E-state index in [1.165, 1.54) is 32.2 Å². The molecule has 0 spiro atoms. The summed E-state index contributed by atoms with van der Waals surface area (Å²) in [4.78, 5) is 7.07. The maximum atomic E-state index is 4.33. The SMILES string of the molecule is CCCC1CN(CCn2ccnc2C)C(CC)(CC)CN1. The van der Waals surface area contributed by atoms with Gasteiger partial charge in [0.2, 0.25) is 0 Å². The van der Waals surface area contributed by atoms with Gasteiger partial charge in [-0.25, -0.2) is 4.98 Å². The first-order chi connectivity index (χ1) is 10.1. The molecule has 2 rings (SSSR count). The first-order valence-electron chi connectivity index (χ1n) is 8.61. The van der Waals surface area contributed by atoms with E-state index in [1.807, 2.05) is 6.20 Å². The number of hydrogen-bond donors (Lipinski definition) is 1. The molecule has 1 unspecified atom stereocenters. The Kier molecular flexibility index (Phi) is 5.82. The van der Waals surface area contributed by atoms with Gasteiger partial charge in [0.05, 0.1) is 0 Å². The molecule has 2 heterocycles. The minimum Gasteiger partial charge on any atom is -0.334 e. The van der Waals surface area contributed by atoms with Gasteiger partial charge in [0.25, 0.3) is 0 Å². The number of imidazole rings is 1. The van der Waals surface area contributed by atoms with Crippen LogP contribution in [0.15, 0.2) is 12.4 Å². The third kappa shape index (κ3) is 3.67. The fourth-order valence-electron chi connectivity index (χ4n) is 3.66. The molecule has 0 saturated carbocycles. The Bertz CT molecular complexity index is 422. The molecule has 4 nitrogen and oxygen atoms in total. The van der Waals surface area contributed by atoms with Crippen LogP contribution in [0.1, 0.15) is 52.3 Å².